The zero-order chi connectivity index (χ0) is 16.8. The first-order chi connectivity index (χ1) is 11.8. The summed E-state index contributed by atoms with van der Waals surface area (Å²) in [5.74, 6) is 1.10. The van der Waals surface area contributed by atoms with Crippen LogP contribution in [-0.4, -0.2) is 85.7 Å². The SMILES string of the molecule is CCCCN1CCCC[C@@H]1C(=O)N1CCN(C[C@H]2CCOC2)CC1. The third-order valence-electron chi connectivity index (χ3n) is 5.92. The van der Waals surface area contributed by atoms with Crippen LogP contribution < -0.4 is 0 Å². The number of hydrogen-bond donors (Lipinski definition) is 0. The fraction of sp³-hybridized carbons (Fsp3) is 0.947. The summed E-state index contributed by atoms with van der Waals surface area (Å²) in [5, 5.41) is 0. The molecule has 0 saturated carbocycles. The van der Waals surface area contributed by atoms with Crippen LogP contribution in [0.2, 0.25) is 0 Å². The van der Waals surface area contributed by atoms with E-state index in [1.807, 2.05) is 0 Å². The first kappa shape index (κ1) is 18.2. The minimum Gasteiger partial charge on any atom is -0.381 e. The van der Waals surface area contributed by atoms with E-state index < -0.39 is 0 Å². The summed E-state index contributed by atoms with van der Waals surface area (Å²) in [4.78, 5) is 20.1. The van der Waals surface area contributed by atoms with Crippen LogP contribution in [0.5, 0.6) is 0 Å². The summed E-state index contributed by atoms with van der Waals surface area (Å²) in [6, 6.07) is 0.153. The predicted octanol–water partition coefficient (Wildman–Crippen LogP) is 1.82. The fourth-order valence-electron chi connectivity index (χ4n) is 4.35. The third-order valence-corrected chi connectivity index (χ3v) is 5.92. The molecule has 2 atom stereocenters. The topological polar surface area (TPSA) is 36.0 Å². The Morgan fingerprint density at radius 2 is 1.92 bits per heavy atom. The van der Waals surface area contributed by atoms with E-state index in [0.29, 0.717) is 11.8 Å². The van der Waals surface area contributed by atoms with Crippen molar-refractivity contribution < 1.29 is 9.53 Å². The Morgan fingerprint density at radius 1 is 1.08 bits per heavy atom. The van der Waals surface area contributed by atoms with Gasteiger partial charge in [-0.2, -0.15) is 0 Å². The number of likely N-dealkylation sites (tertiary alicyclic amines) is 1. The largest absolute Gasteiger partial charge is 0.381 e. The molecule has 1 amide bonds. The minimum atomic E-state index is 0.153. The molecule has 5 heteroatoms. The number of nitrogens with zero attached hydrogens (tertiary/aromatic N) is 3. The van der Waals surface area contributed by atoms with Crippen LogP contribution >= 0.6 is 0 Å². The van der Waals surface area contributed by atoms with Crippen LogP contribution in [-0.2, 0) is 9.53 Å². The van der Waals surface area contributed by atoms with Gasteiger partial charge in [0.1, 0.15) is 0 Å². The second-order valence-corrected chi connectivity index (χ2v) is 7.76. The van der Waals surface area contributed by atoms with Gasteiger partial charge in [0, 0.05) is 39.3 Å². The maximum absolute atomic E-state index is 13.0. The molecule has 3 rings (SSSR count). The van der Waals surface area contributed by atoms with Crippen molar-refractivity contribution in [2.45, 2.75) is 51.5 Å². The number of amides is 1. The highest BCUT2D eigenvalue weighted by Crippen LogP contribution is 2.21. The summed E-state index contributed by atoms with van der Waals surface area (Å²) >= 11 is 0. The molecule has 0 N–H and O–H groups in total. The maximum atomic E-state index is 13.0. The van der Waals surface area contributed by atoms with Gasteiger partial charge >= 0.3 is 0 Å². The van der Waals surface area contributed by atoms with Gasteiger partial charge in [-0.15, -0.1) is 0 Å². The van der Waals surface area contributed by atoms with E-state index >= 15 is 0 Å². The molecule has 138 valence electrons. The lowest BCUT2D eigenvalue weighted by Gasteiger charge is -2.41. The smallest absolute Gasteiger partial charge is 0.240 e. The highest BCUT2D eigenvalue weighted by atomic mass is 16.5. The van der Waals surface area contributed by atoms with Crippen molar-refractivity contribution in [3.05, 3.63) is 0 Å². The van der Waals surface area contributed by atoms with E-state index in [-0.39, 0.29) is 6.04 Å². The number of unbranched alkanes of at least 4 members (excludes halogenated alkanes) is 1. The van der Waals surface area contributed by atoms with Crippen LogP contribution in [0.15, 0.2) is 0 Å². The lowest BCUT2D eigenvalue weighted by Crippen LogP contribution is -2.56. The van der Waals surface area contributed by atoms with Gasteiger partial charge in [0.05, 0.1) is 12.6 Å². The van der Waals surface area contributed by atoms with E-state index in [0.717, 1.165) is 65.4 Å². The maximum Gasteiger partial charge on any atom is 0.240 e. The second kappa shape index (κ2) is 9.16. The monoisotopic (exact) mass is 337 g/mol. The molecule has 24 heavy (non-hydrogen) atoms. The standard InChI is InChI=1S/C19H35N3O2/c1-2-3-8-21-9-5-4-6-18(21)19(23)22-12-10-20(11-13-22)15-17-7-14-24-16-17/h17-18H,2-16H2,1H3/t17-,18-/m1/s1. The molecule has 5 nitrogen and oxygen atoms in total. The molecule has 3 aliphatic heterocycles. The van der Waals surface area contributed by atoms with Gasteiger partial charge in [-0.1, -0.05) is 19.8 Å². The molecular weight excluding hydrogens is 302 g/mol. The highest BCUT2D eigenvalue weighted by Gasteiger charge is 2.33. The van der Waals surface area contributed by atoms with Crippen molar-refractivity contribution in [1.82, 2.24) is 14.7 Å². The molecule has 0 unspecified atom stereocenters. The van der Waals surface area contributed by atoms with Gasteiger partial charge in [0.25, 0.3) is 0 Å². The number of hydrogen-bond acceptors (Lipinski definition) is 4. The normalized spacial score (nSPS) is 30.0. The molecule has 0 aromatic heterocycles. The molecule has 0 aromatic rings. The Labute approximate surface area is 147 Å². The van der Waals surface area contributed by atoms with Crippen molar-refractivity contribution in [3.63, 3.8) is 0 Å². The number of ether oxygens (including phenoxy) is 1. The Balaban J connectivity index is 1.46. The van der Waals surface area contributed by atoms with E-state index in [1.165, 1.54) is 32.1 Å². The van der Waals surface area contributed by atoms with Crippen molar-refractivity contribution in [3.8, 4) is 0 Å². The summed E-state index contributed by atoms with van der Waals surface area (Å²) in [7, 11) is 0. The summed E-state index contributed by atoms with van der Waals surface area (Å²) in [5.41, 5.74) is 0. The van der Waals surface area contributed by atoms with Gasteiger partial charge < -0.3 is 9.64 Å². The predicted molar refractivity (Wildman–Crippen MR) is 96.1 cm³/mol. The highest BCUT2D eigenvalue weighted by molar-refractivity contribution is 5.82. The van der Waals surface area contributed by atoms with Crippen molar-refractivity contribution in [2.24, 2.45) is 5.92 Å². The average molecular weight is 338 g/mol. The van der Waals surface area contributed by atoms with E-state index in [9.17, 15) is 4.79 Å². The molecule has 3 aliphatic rings. The summed E-state index contributed by atoms with van der Waals surface area (Å²) in [6.45, 7) is 11.3. The Kier molecular flexibility index (Phi) is 6.93. The van der Waals surface area contributed by atoms with Crippen molar-refractivity contribution >= 4 is 5.91 Å². The average Bonchev–Trinajstić information content (AvgIpc) is 3.13. The lowest BCUT2D eigenvalue weighted by atomic mass is 10.00. The summed E-state index contributed by atoms with van der Waals surface area (Å²) in [6.07, 6.45) is 7.14. The van der Waals surface area contributed by atoms with E-state index in [1.54, 1.807) is 0 Å². The fourth-order valence-corrected chi connectivity index (χ4v) is 4.35. The molecule has 0 bridgehead atoms. The number of piperazine rings is 1. The van der Waals surface area contributed by atoms with Crippen LogP contribution in [0.3, 0.4) is 0 Å². The van der Waals surface area contributed by atoms with Crippen molar-refractivity contribution in [1.29, 1.82) is 0 Å². The second-order valence-electron chi connectivity index (χ2n) is 7.76. The molecule has 3 saturated heterocycles. The lowest BCUT2D eigenvalue weighted by molar-refractivity contribution is -0.140. The third kappa shape index (κ3) is 4.70. The van der Waals surface area contributed by atoms with Crippen LogP contribution in [0, 0.1) is 5.92 Å². The molecule has 0 spiro atoms. The molecule has 0 radical (unpaired) electrons. The van der Waals surface area contributed by atoms with Gasteiger partial charge in [0.2, 0.25) is 5.91 Å². The van der Waals surface area contributed by atoms with Crippen LogP contribution in [0.4, 0.5) is 0 Å². The van der Waals surface area contributed by atoms with Crippen LogP contribution in [0.25, 0.3) is 0 Å². The Morgan fingerprint density at radius 3 is 2.62 bits per heavy atom. The number of rotatable bonds is 6. The first-order valence-corrected chi connectivity index (χ1v) is 10.1. The Bertz CT molecular complexity index is 390. The molecule has 3 heterocycles. The van der Waals surface area contributed by atoms with Gasteiger partial charge in [-0.05, 0) is 44.7 Å². The molecule has 0 aliphatic carbocycles. The zero-order valence-electron chi connectivity index (χ0n) is 15.4. The number of carbonyl (C=O) groups is 1. The minimum absolute atomic E-state index is 0.153. The van der Waals surface area contributed by atoms with Gasteiger partial charge in [0.15, 0.2) is 0 Å². The van der Waals surface area contributed by atoms with Crippen molar-refractivity contribution in [2.75, 3.05) is 59.0 Å². The number of piperidine rings is 1. The Hall–Kier alpha value is -0.650. The van der Waals surface area contributed by atoms with Gasteiger partial charge in [-0.3, -0.25) is 14.6 Å². The first-order valence-electron chi connectivity index (χ1n) is 10.1. The number of carbonyl (C=O) groups excluding carboxylic acids is 1. The summed E-state index contributed by atoms with van der Waals surface area (Å²) < 4.78 is 5.48. The quantitative estimate of drug-likeness (QED) is 0.741. The molecule has 0 aromatic carbocycles. The zero-order valence-corrected chi connectivity index (χ0v) is 15.4. The van der Waals surface area contributed by atoms with Crippen LogP contribution in [0.1, 0.15) is 45.4 Å². The molecule has 3 fully saturated rings. The van der Waals surface area contributed by atoms with E-state index in [4.69, 9.17) is 4.74 Å². The molecular formula is C19H35N3O2. The van der Waals surface area contributed by atoms with E-state index in [2.05, 4.69) is 21.6 Å². The van der Waals surface area contributed by atoms with Gasteiger partial charge in [-0.25, -0.2) is 0 Å².